The molecule has 1 rings (SSSR count). The summed E-state index contributed by atoms with van der Waals surface area (Å²) in [5.74, 6) is 0.649. The fourth-order valence-corrected chi connectivity index (χ4v) is 7.68. The molecule has 9 nitrogen and oxygen atoms in total. The summed E-state index contributed by atoms with van der Waals surface area (Å²) in [7, 11) is 0. The van der Waals surface area contributed by atoms with Crippen LogP contribution >= 0.6 is 0 Å². The number of carbonyl (C=O) groups excluding carboxylic acids is 3. The molecule has 9 heteroatoms. The molecule has 1 saturated carbocycles. The summed E-state index contributed by atoms with van der Waals surface area (Å²) < 4.78 is 15.6. The van der Waals surface area contributed by atoms with Crippen molar-refractivity contribution in [3.8, 4) is 18.2 Å². The van der Waals surface area contributed by atoms with Gasteiger partial charge in [0.2, 0.25) is 0 Å². The maximum atomic E-state index is 11.7. The molecule has 2 unspecified atom stereocenters. The first-order valence-electron chi connectivity index (χ1n) is 21.2. The molecule has 0 aromatic carbocycles. The number of nitrogens with zero attached hydrogens (tertiary/aromatic N) is 3. The number of hydrogen-bond acceptors (Lipinski definition) is 9. The third-order valence-corrected chi connectivity index (χ3v) is 11.9. The third-order valence-electron chi connectivity index (χ3n) is 11.9. The van der Waals surface area contributed by atoms with Crippen molar-refractivity contribution in [2.75, 3.05) is 19.8 Å². The summed E-state index contributed by atoms with van der Waals surface area (Å²) in [6.07, 6.45) is 23.0. The highest BCUT2D eigenvalue weighted by molar-refractivity contribution is 5.92. The molecule has 2 atom stereocenters. The topological polar surface area (TPSA) is 150 Å². The van der Waals surface area contributed by atoms with Crippen LogP contribution in [0.25, 0.3) is 0 Å². The van der Waals surface area contributed by atoms with Crippen LogP contribution in [0.3, 0.4) is 0 Å². The fourth-order valence-electron chi connectivity index (χ4n) is 7.68. The molecule has 1 fully saturated rings. The zero-order chi connectivity index (χ0) is 42.2. The number of rotatable bonds is 32. The van der Waals surface area contributed by atoms with Gasteiger partial charge in [-0.15, -0.1) is 0 Å². The van der Waals surface area contributed by atoms with Gasteiger partial charge in [-0.25, -0.2) is 14.4 Å². The summed E-state index contributed by atoms with van der Waals surface area (Å²) in [6, 6.07) is 5.22. The molecule has 1 aliphatic carbocycles. The molecule has 0 N–H and O–H groups in total. The minimum absolute atomic E-state index is 0.0730. The maximum Gasteiger partial charge on any atom is 0.348 e. The molecule has 0 spiro atoms. The number of unbranched alkanes of at least 4 members (excludes halogenated alkanes) is 8. The molecular formula is C47H73N3O6. The van der Waals surface area contributed by atoms with Gasteiger partial charge in [0.15, 0.2) is 0 Å². The van der Waals surface area contributed by atoms with Crippen molar-refractivity contribution in [2.45, 2.75) is 170 Å². The van der Waals surface area contributed by atoms with Crippen molar-refractivity contribution in [1.29, 1.82) is 15.8 Å². The molecule has 56 heavy (non-hydrogen) atoms. The molecular weight excluding hydrogens is 703 g/mol. The van der Waals surface area contributed by atoms with Crippen LogP contribution in [-0.2, 0) is 28.6 Å². The molecule has 0 heterocycles. The summed E-state index contributed by atoms with van der Waals surface area (Å²) in [5, 5.41) is 26.4. The lowest BCUT2D eigenvalue weighted by molar-refractivity contribution is -0.140. The summed E-state index contributed by atoms with van der Waals surface area (Å²) in [4.78, 5) is 35.2. The van der Waals surface area contributed by atoms with Crippen LogP contribution in [0, 0.1) is 68.0 Å². The van der Waals surface area contributed by atoms with Crippen molar-refractivity contribution in [3.63, 3.8) is 0 Å². The fraction of sp³-hybridized carbons (Fsp3) is 0.745. The van der Waals surface area contributed by atoms with E-state index in [1.54, 1.807) is 18.2 Å². The number of carbonyl (C=O) groups is 3. The van der Waals surface area contributed by atoms with E-state index < -0.39 is 17.9 Å². The van der Waals surface area contributed by atoms with Crippen LogP contribution in [0.15, 0.2) is 36.5 Å². The van der Waals surface area contributed by atoms with Crippen LogP contribution in [0.1, 0.15) is 170 Å². The van der Waals surface area contributed by atoms with E-state index in [1.165, 1.54) is 77.0 Å². The SMILES string of the molecule is C=C(C#N)C(=O)OCCC(C)(C)CCCCCCCC1C(CCCCCC(C)(C)CCOC(=O)C(=C)C#N)C1CCCCCC(C)(C)CCOC(=O)C(=C)C#N. The van der Waals surface area contributed by atoms with Gasteiger partial charge in [-0.3, -0.25) is 0 Å². The lowest BCUT2D eigenvalue weighted by atomic mass is 9.83. The Labute approximate surface area is 339 Å². The van der Waals surface area contributed by atoms with Crippen molar-refractivity contribution < 1.29 is 28.6 Å². The molecule has 0 aromatic heterocycles. The Morgan fingerprint density at radius 3 is 0.929 bits per heavy atom. The van der Waals surface area contributed by atoms with E-state index in [0.29, 0.717) is 19.8 Å². The number of esters is 3. The molecule has 1 aliphatic rings. The van der Waals surface area contributed by atoms with E-state index in [2.05, 4.69) is 61.3 Å². The number of ether oxygens (including phenoxy) is 3. The smallest absolute Gasteiger partial charge is 0.348 e. The standard InChI is InChI=1S/C47H73N3O6/c1-36(33-48)42(51)54-30-27-45(4,5)24-18-12-10-11-15-21-39-40(22-16-13-19-25-46(6,7)28-31-55-43(52)37(2)34-49)41(39)23-17-14-20-26-47(8,9)29-32-56-44(53)38(3)35-50/h39-41H,1-3,10-32H2,4-9H3. The lowest BCUT2D eigenvalue weighted by Crippen LogP contribution is -2.17. The van der Waals surface area contributed by atoms with Crippen LogP contribution in [0.4, 0.5) is 0 Å². The minimum atomic E-state index is -0.625. The van der Waals surface area contributed by atoms with Gasteiger partial charge in [0.1, 0.15) is 34.9 Å². The zero-order valence-corrected chi connectivity index (χ0v) is 35.9. The highest BCUT2D eigenvalue weighted by Crippen LogP contribution is 2.55. The van der Waals surface area contributed by atoms with Gasteiger partial charge in [0, 0.05) is 0 Å². The Bertz CT molecular complexity index is 1350. The van der Waals surface area contributed by atoms with E-state index in [0.717, 1.165) is 69.1 Å². The first-order chi connectivity index (χ1) is 26.4. The lowest BCUT2D eigenvalue weighted by Gasteiger charge is -2.24. The highest BCUT2D eigenvalue weighted by Gasteiger charge is 2.47. The second-order valence-electron chi connectivity index (χ2n) is 18.4. The first-order valence-corrected chi connectivity index (χ1v) is 21.2. The van der Waals surface area contributed by atoms with Gasteiger partial charge < -0.3 is 14.2 Å². The van der Waals surface area contributed by atoms with E-state index >= 15 is 0 Å². The van der Waals surface area contributed by atoms with E-state index in [1.807, 2.05) is 0 Å². The largest absolute Gasteiger partial charge is 0.462 e. The van der Waals surface area contributed by atoms with Gasteiger partial charge in [-0.05, 0) is 91.8 Å². The summed E-state index contributed by atoms with van der Waals surface area (Å²) in [6.45, 7) is 24.5. The quantitative estimate of drug-likeness (QED) is 0.0214. The Kier molecular flexibility index (Phi) is 23.4. The number of nitriles is 3. The van der Waals surface area contributed by atoms with Crippen LogP contribution in [0.5, 0.6) is 0 Å². The van der Waals surface area contributed by atoms with Crippen LogP contribution < -0.4 is 0 Å². The average molecular weight is 776 g/mol. The first kappa shape index (κ1) is 50.1. The van der Waals surface area contributed by atoms with E-state index in [-0.39, 0.29) is 33.0 Å². The molecule has 0 aliphatic heterocycles. The van der Waals surface area contributed by atoms with Gasteiger partial charge in [0.05, 0.1) is 19.8 Å². The van der Waals surface area contributed by atoms with Gasteiger partial charge in [-0.2, -0.15) is 15.8 Å². The van der Waals surface area contributed by atoms with Crippen molar-refractivity contribution in [1.82, 2.24) is 0 Å². The average Bonchev–Trinajstić information content (AvgIpc) is 3.81. The van der Waals surface area contributed by atoms with Crippen molar-refractivity contribution >= 4 is 17.9 Å². The number of hydrogen-bond donors (Lipinski definition) is 0. The van der Waals surface area contributed by atoms with Gasteiger partial charge >= 0.3 is 17.9 Å². The van der Waals surface area contributed by atoms with Gasteiger partial charge in [0.25, 0.3) is 0 Å². The van der Waals surface area contributed by atoms with Crippen LogP contribution in [-0.4, -0.2) is 37.7 Å². The molecule has 0 bridgehead atoms. The van der Waals surface area contributed by atoms with Crippen LogP contribution in [0.2, 0.25) is 0 Å². The zero-order valence-electron chi connectivity index (χ0n) is 35.9. The molecule has 312 valence electrons. The molecule has 0 radical (unpaired) electrons. The predicted molar refractivity (Wildman–Crippen MR) is 221 cm³/mol. The molecule has 0 saturated heterocycles. The van der Waals surface area contributed by atoms with Crippen molar-refractivity contribution in [3.05, 3.63) is 36.5 Å². The Morgan fingerprint density at radius 2 is 0.661 bits per heavy atom. The van der Waals surface area contributed by atoms with Gasteiger partial charge in [-0.1, -0.05) is 132 Å². The Hall–Kier alpha value is -3.90. The highest BCUT2D eigenvalue weighted by atomic mass is 16.5. The van der Waals surface area contributed by atoms with E-state index in [9.17, 15) is 14.4 Å². The third kappa shape index (κ3) is 22.0. The normalized spacial score (nSPS) is 16.4. The van der Waals surface area contributed by atoms with Crippen molar-refractivity contribution in [2.24, 2.45) is 34.0 Å². The predicted octanol–water partition coefficient (Wildman–Crippen LogP) is 11.6. The molecule has 0 amide bonds. The second kappa shape index (κ2) is 26.1. The minimum Gasteiger partial charge on any atom is -0.462 e. The second-order valence-corrected chi connectivity index (χ2v) is 18.4. The Balaban J connectivity index is 2.47. The molecule has 0 aromatic rings. The maximum absolute atomic E-state index is 11.7. The monoisotopic (exact) mass is 776 g/mol. The summed E-state index contributed by atoms with van der Waals surface area (Å²) >= 11 is 0. The summed E-state index contributed by atoms with van der Waals surface area (Å²) in [5.41, 5.74) is -0.233. The van der Waals surface area contributed by atoms with E-state index in [4.69, 9.17) is 30.0 Å². The Morgan fingerprint density at radius 1 is 0.429 bits per heavy atom.